The van der Waals surface area contributed by atoms with Gasteiger partial charge in [-0.25, -0.2) is 23.9 Å². The SMILES string of the molecule is CCOC(=O)C[C@@H](c1ccc(OCCC[NH3+])nc1)N1CCN(CCCc2ccc3c(n2)CCCC3)C1=O.O=C([O-])C(F)(F)F.[N-]=[N+]=NCCOCCC(=O)NCCCOc1ccc([C@H](CC(=O)O)N2CCN(CCCc3ccc4c(n3)CCCC4)C2=O)cn1.[N-]=[N+]=NCN=S. The number of quaternary nitrogens is 1. The maximum Gasteiger partial charge on any atom is 0.430 e. The molecule has 2 fully saturated rings. The van der Waals surface area contributed by atoms with Crippen molar-refractivity contribution in [2.45, 2.75) is 134 Å². The second-order valence-electron chi connectivity index (χ2n) is 22.1. The molecule has 5 amide bonds. The van der Waals surface area contributed by atoms with Crippen molar-refractivity contribution in [1.82, 2.24) is 44.9 Å². The van der Waals surface area contributed by atoms with E-state index < -0.39 is 30.2 Å². The fourth-order valence-corrected chi connectivity index (χ4v) is 10.7. The molecule has 0 aromatic carbocycles. The van der Waals surface area contributed by atoms with Crippen molar-refractivity contribution in [2.24, 2.45) is 14.6 Å². The van der Waals surface area contributed by atoms with E-state index in [0.29, 0.717) is 89.4 Å². The molecule has 0 unspecified atom stereocenters. The Balaban J connectivity index is 0.000000293. The van der Waals surface area contributed by atoms with Gasteiger partial charge in [0.05, 0.1) is 64.5 Å². The molecular weight excluding hydrogens is 1260 g/mol. The van der Waals surface area contributed by atoms with Gasteiger partial charge in [0.2, 0.25) is 17.7 Å². The summed E-state index contributed by atoms with van der Waals surface area (Å²) in [6.07, 6.45) is 12.1. The number of hydrogen-bond acceptors (Lipinski definition) is 19. The fourth-order valence-electron chi connectivity index (χ4n) is 10.7. The average Bonchev–Trinajstić information content (AvgIpc) is 1.75. The standard InChI is InChI=1S/C31H42N8O6.C28H39N5O4.C2HF3O2.CH2N4S/c32-37-35-14-20-44-19-12-28(40)33-13-4-18-45-29-11-9-24(22-34-29)27(21-30(41)42)39-17-16-38(31(39)43)15-3-6-25-10-8-23-5-1-2-7-26(23)36-25;1-2-36-27(34)19-25(22-11-13-26(30-20-22)37-18-6-14-29)33-17-16-32(28(33)35)15-5-8-23-12-10-21-7-3-4-9-24(21)31-23;3-2(4,5)1(6)7;2-5-3-1-4-6/h8-11,22,27H,1-7,12-21H2,(H,33,40)(H,41,42);10-13,20,25H,2-9,14-19,29H2,1H3;(H,6,7);1H2/t27-;25-;;/m00../s1. The molecule has 2 atom stereocenters. The van der Waals surface area contributed by atoms with E-state index in [1.165, 1.54) is 48.2 Å². The van der Waals surface area contributed by atoms with Crippen molar-refractivity contribution in [2.75, 3.05) is 98.6 Å². The van der Waals surface area contributed by atoms with Crippen molar-refractivity contribution >= 4 is 48.3 Å². The first kappa shape index (κ1) is 76.7. The summed E-state index contributed by atoms with van der Waals surface area (Å²) in [6, 6.07) is 14.5. The van der Waals surface area contributed by atoms with Crippen LogP contribution >= 0.6 is 0 Å². The molecule has 6 heterocycles. The number of rotatable bonds is 34. The number of aliphatic carboxylic acids is 2. The number of halogens is 3. The number of azide groups is 2. The molecule has 8 rings (SSSR count). The predicted molar refractivity (Wildman–Crippen MR) is 339 cm³/mol. The maximum atomic E-state index is 13.4. The summed E-state index contributed by atoms with van der Waals surface area (Å²) in [5.74, 6) is -3.57. The van der Waals surface area contributed by atoms with E-state index in [4.69, 9.17) is 49.9 Å². The highest BCUT2D eigenvalue weighted by Crippen LogP contribution is 2.32. The number of carbonyl (C=O) groups is 6. The lowest BCUT2D eigenvalue weighted by Crippen LogP contribution is -2.50. The quantitative estimate of drug-likeness (QED) is 0.0141. The Kier molecular flexibility index (Phi) is 34.2. The van der Waals surface area contributed by atoms with Crippen LogP contribution in [0, 0.1) is 0 Å². The van der Waals surface area contributed by atoms with Crippen LogP contribution in [0.2, 0.25) is 0 Å². The Morgan fingerprint density at radius 1 is 0.726 bits per heavy atom. The molecule has 2 saturated heterocycles. The topological polar surface area (TPSA) is 397 Å². The lowest BCUT2D eigenvalue weighted by Gasteiger charge is -2.27. The molecule has 29 nitrogen and oxygen atoms in total. The van der Waals surface area contributed by atoms with Gasteiger partial charge < -0.3 is 64.6 Å². The van der Waals surface area contributed by atoms with Crippen LogP contribution in [0.25, 0.3) is 20.9 Å². The van der Waals surface area contributed by atoms with E-state index in [1.807, 2.05) is 11.0 Å². The highest BCUT2D eigenvalue weighted by Gasteiger charge is 2.37. The molecule has 0 saturated carbocycles. The molecule has 5 N–H and O–H groups in total. The molecule has 0 radical (unpaired) electrons. The van der Waals surface area contributed by atoms with Gasteiger partial charge in [0.15, 0.2) is 0 Å². The number of alkyl halides is 3. The first-order chi connectivity index (χ1) is 45.9. The molecule has 2 aliphatic carbocycles. The van der Waals surface area contributed by atoms with Gasteiger partial charge in [0.1, 0.15) is 12.6 Å². The number of amides is 5. The average molecular weight is 1350 g/mol. The number of nitrogens with one attached hydrogen (secondary N) is 1. The van der Waals surface area contributed by atoms with Gasteiger partial charge in [-0.3, -0.25) is 24.4 Å². The van der Waals surface area contributed by atoms with Gasteiger partial charge in [0.25, 0.3) is 0 Å². The summed E-state index contributed by atoms with van der Waals surface area (Å²) in [6.45, 7) is 8.45. The number of aromatic nitrogens is 4. The van der Waals surface area contributed by atoms with Crippen molar-refractivity contribution in [3.63, 3.8) is 0 Å². The minimum absolute atomic E-state index is 0.0523. The van der Waals surface area contributed by atoms with Gasteiger partial charge >= 0.3 is 30.2 Å². The molecule has 516 valence electrons. The van der Waals surface area contributed by atoms with Crippen LogP contribution in [-0.4, -0.2) is 185 Å². The van der Waals surface area contributed by atoms with Crippen molar-refractivity contribution in [3.8, 4) is 11.8 Å². The molecular formula is C62H84F3N17O12S. The number of carbonyl (C=O) groups excluding carboxylic acids is 5. The minimum atomic E-state index is -5.19. The Hall–Kier alpha value is -9.03. The van der Waals surface area contributed by atoms with Crippen LogP contribution in [0.5, 0.6) is 11.8 Å². The number of hydrogen-bond donors (Lipinski definition) is 3. The third-order valence-corrected chi connectivity index (χ3v) is 15.5. The van der Waals surface area contributed by atoms with Crippen LogP contribution < -0.4 is 25.6 Å². The summed E-state index contributed by atoms with van der Waals surface area (Å²) in [4.78, 5) is 102. The third-order valence-electron chi connectivity index (χ3n) is 15.3. The van der Waals surface area contributed by atoms with E-state index in [-0.39, 0.29) is 69.6 Å². The van der Waals surface area contributed by atoms with Crippen LogP contribution in [-0.2, 0) is 79.6 Å². The summed E-state index contributed by atoms with van der Waals surface area (Å²) in [5.41, 5.74) is 28.4. The second-order valence-corrected chi connectivity index (χ2v) is 22.3. The van der Waals surface area contributed by atoms with Crippen LogP contribution in [0.15, 0.2) is 75.5 Å². The van der Waals surface area contributed by atoms with Gasteiger partial charge in [-0.1, -0.05) is 34.5 Å². The first-order valence-electron chi connectivity index (χ1n) is 31.7. The van der Waals surface area contributed by atoms with Crippen LogP contribution in [0.3, 0.4) is 0 Å². The normalized spacial score (nSPS) is 14.5. The highest BCUT2D eigenvalue weighted by atomic mass is 32.1. The number of fused-ring (bicyclic) bond motifs is 2. The van der Waals surface area contributed by atoms with Crippen molar-refractivity contribution in [3.05, 3.63) is 127 Å². The van der Waals surface area contributed by atoms with Crippen molar-refractivity contribution < 1.29 is 76.8 Å². The number of carboxylic acids is 2. The van der Waals surface area contributed by atoms with E-state index >= 15 is 0 Å². The molecule has 0 spiro atoms. The van der Waals surface area contributed by atoms with Crippen LogP contribution in [0.4, 0.5) is 22.8 Å². The van der Waals surface area contributed by atoms with E-state index in [1.54, 1.807) is 52.2 Å². The predicted octanol–water partition coefficient (Wildman–Crippen LogP) is 6.86. The van der Waals surface area contributed by atoms with E-state index in [2.05, 4.69) is 82.1 Å². The molecule has 4 aromatic rings. The number of carboxylic acid groups (broad SMARTS) is 2. The number of urea groups is 2. The minimum Gasteiger partial charge on any atom is -0.542 e. The van der Waals surface area contributed by atoms with Gasteiger partial charge in [-0.15, -0.1) is 0 Å². The fraction of sp³-hybridized carbons (Fsp3) is 0.581. The Morgan fingerprint density at radius 3 is 1.69 bits per heavy atom. The molecule has 33 heteroatoms. The Bertz CT molecular complexity index is 3200. The summed E-state index contributed by atoms with van der Waals surface area (Å²) in [5, 5.41) is 27.5. The number of aryl methyl sites for hydroxylation is 6. The van der Waals surface area contributed by atoms with Crippen molar-refractivity contribution in [1.29, 1.82) is 0 Å². The molecule has 95 heavy (non-hydrogen) atoms. The Labute approximate surface area is 554 Å². The summed E-state index contributed by atoms with van der Waals surface area (Å²) < 4.78 is 56.4. The first-order valence-corrected chi connectivity index (χ1v) is 32.1. The summed E-state index contributed by atoms with van der Waals surface area (Å²) in [7, 11) is 0. The highest BCUT2D eigenvalue weighted by molar-refractivity contribution is 7.47. The van der Waals surface area contributed by atoms with Gasteiger partial charge in [-0.05, 0) is 136 Å². The van der Waals surface area contributed by atoms with E-state index in [0.717, 1.165) is 81.3 Å². The number of esters is 1. The van der Waals surface area contributed by atoms with Gasteiger partial charge in [0, 0.05) is 135 Å². The number of ether oxygens (including phenoxy) is 4. The van der Waals surface area contributed by atoms with Gasteiger partial charge in [-0.2, -0.15) is 13.2 Å². The maximum absolute atomic E-state index is 13.4. The third kappa shape index (κ3) is 27.5. The zero-order valence-corrected chi connectivity index (χ0v) is 54.3. The molecule has 4 aliphatic rings. The number of pyridine rings is 4. The monoisotopic (exact) mass is 1350 g/mol. The zero-order valence-electron chi connectivity index (χ0n) is 53.5. The molecule has 4 aromatic heterocycles. The van der Waals surface area contributed by atoms with Crippen LogP contribution in [0.1, 0.15) is 135 Å². The smallest absolute Gasteiger partial charge is 0.430 e. The Morgan fingerprint density at radius 2 is 1.24 bits per heavy atom. The lowest BCUT2D eigenvalue weighted by atomic mass is 9.95. The van der Waals surface area contributed by atoms with E-state index in [9.17, 15) is 42.3 Å². The summed E-state index contributed by atoms with van der Waals surface area (Å²) >= 11 is 4.08. The molecule has 0 bridgehead atoms. The zero-order chi connectivity index (χ0) is 68.8. The second kappa shape index (κ2) is 42.3. The lowest BCUT2D eigenvalue weighted by molar-refractivity contribution is -0.368. The molecule has 2 aliphatic heterocycles. The number of nitrogens with zero attached hydrogens (tertiary/aromatic N) is 15. The largest absolute Gasteiger partial charge is 0.542 e.